The predicted molar refractivity (Wildman–Crippen MR) is 85.2 cm³/mol. The Kier molecular flexibility index (Phi) is 3.77. The molecule has 6 heteroatoms. The van der Waals surface area contributed by atoms with Crippen molar-refractivity contribution in [2.75, 3.05) is 6.61 Å². The molecule has 112 valence electrons. The first-order chi connectivity index (χ1) is 10.6. The molecule has 0 bridgehead atoms. The minimum absolute atomic E-state index is 0.219. The van der Waals surface area contributed by atoms with Gasteiger partial charge in [0.25, 0.3) is 0 Å². The molecule has 22 heavy (non-hydrogen) atoms. The van der Waals surface area contributed by atoms with Gasteiger partial charge in [-0.25, -0.2) is 9.59 Å². The molecule has 0 fully saturated rings. The molecule has 0 saturated heterocycles. The van der Waals surface area contributed by atoms with E-state index in [0.717, 1.165) is 17.1 Å². The highest BCUT2D eigenvalue weighted by atomic mass is 32.2. The second-order valence-electron chi connectivity index (χ2n) is 4.56. The van der Waals surface area contributed by atoms with E-state index >= 15 is 0 Å². The van der Waals surface area contributed by atoms with Crippen LogP contribution in [-0.4, -0.2) is 12.6 Å². The molecule has 1 aromatic heterocycles. The van der Waals surface area contributed by atoms with Crippen LogP contribution in [0.2, 0.25) is 0 Å². The van der Waals surface area contributed by atoms with Gasteiger partial charge in [-0.1, -0.05) is 36.0 Å². The maximum Gasteiger partial charge on any atom is 0.351 e. The van der Waals surface area contributed by atoms with Crippen LogP contribution < -0.4 is 11.4 Å². The van der Waals surface area contributed by atoms with Gasteiger partial charge in [0, 0.05) is 10.9 Å². The van der Waals surface area contributed by atoms with Gasteiger partial charge in [-0.2, -0.15) is 0 Å². The number of ether oxygens (including phenoxy) is 1. The van der Waals surface area contributed by atoms with Crippen LogP contribution >= 0.6 is 11.8 Å². The Hall–Kier alpha value is -2.47. The topological polar surface area (TPSA) is 82.5 Å². The lowest BCUT2D eigenvalue weighted by Gasteiger charge is -2.06. The number of rotatable bonds is 2. The SMILES string of the molecule is CCOC(=O)C1=C(N)Sc2c(c3ccccc3oc2=O)C=C1. The Balaban J connectivity index is 2.20. The minimum atomic E-state index is -0.509. The quantitative estimate of drug-likeness (QED) is 0.677. The van der Waals surface area contributed by atoms with E-state index in [-0.39, 0.29) is 17.2 Å². The zero-order chi connectivity index (χ0) is 15.7. The lowest BCUT2D eigenvalue weighted by Crippen LogP contribution is -2.11. The molecule has 1 aliphatic rings. The third-order valence-electron chi connectivity index (χ3n) is 3.20. The molecule has 0 aliphatic carbocycles. The van der Waals surface area contributed by atoms with Crippen LogP contribution in [0.3, 0.4) is 0 Å². The van der Waals surface area contributed by atoms with E-state index in [1.807, 2.05) is 12.1 Å². The van der Waals surface area contributed by atoms with Crippen LogP contribution in [0.4, 0.5) is 0 Å². The van der Waals surface area contributed by atoms with Gasteiger partial charge in [0.15, 0.2) is 0 Å². The van der Waals surface area contributed by atoms with Crippen molar-refractivity contribution < 1.29 is 13.9 Å². The number of carbonyl (C=O) groups excluding carboxylic acids is 1. The second kappa shape index (κ2) is 5.73. The van der Waals surface area contributed by atoms with E-state index in [4.69, 9.17) is 14.9 Å². The van der Waals surface area contributed by atoms with Gasteiger partial charge in [0.1, 0.15) is 10.5 Å². The van der Waals surface area contributed by atoms with E-state index in [9.17, 15) is 9.59 Å². The van der Waals surface area contributed by atoms with Crippen molar-refractivity contribution in [1.29, 1.82) is 0 Å². The van der Waals surface area contributed by atoms with Crippen LogP contribution in [0.1, 0.15) is 12.5 Å². The van der Waals surface area contributed by atoms with Gasteiger partial charge in [-0.05, 0) is 19.1 Å². The second-order valence-corrected chi connectivity index (χ2v) is 5.61. The maximum atomic E-state index is 12.2. The smallest absolute Gasteiger partial charge is 0.351 e. The number of thioether (sulfide) groups is 1. The molecular weight excluding hydrogens is 302 g/mol. The Morgan fingerprint density at radius 1 is 1.32 bits per heavy atom. The predicted octanol–water partition coefficient (Wildman–Crippen LogP) is 2.65. The zero-order valence-corrected chi connectivity index (χ0v) is 12.6. The average Bonchev–Trinajstić information content (AvgIpc) is 2.67. The average molecular weight is 315 g/mol. The van der Waals surface area contributed by atoms with Gasteiger partial charge in [0.2, 0.25) is 0 Å². The molecule has 0 radical (unpaired) electrons. The third kappa shape index (κ3) is 2.42. The minimum Gasteiger partial charge on any atom is -0.462 e. The van der Waals surface area contributed by atoms with E-state index < -0.39 is 11.6 Å². The van der Waals surface area contributed by atoms with Gasteiger partial charge in [-0.3, -0.25) is 0 Å². The Labute approximate surface area is 130 Å². The summed E-state index contributed by atoms with van der Waals surface area (Å²) in [5.74, 6) is -0.509. The van der Waals surface area contributed by atoms with Crippen LogP contribution in [0.15, 0.2) is 55.1 Å². The van der Waals surface area contributed by atoms with E-state index in [0.29, 0.717) is 16.0 Å². The molecule has 1 aromatic carbocycles. The summed E-state index contributed by atoms with van der Waals surface area (Å²) in [4.78, 5) is 24.5. The summed E-state index contributed by atoms with van der Waals surface area (Å²) in [6, 6.07) is 7.23. The molecule has 1 aliphatic heterocycles. The standard InChI is InChI=1S/C16H13NO4S/c1-2-20-15(18)11-8-7-10-9-5-3-4-6-12(9)21-16(19)13(10)22-14(11)17/h3-8H,2,17H2,1H3. The first kappa shape index (κ1) is 14.5. The monoisotopic (exact) mass is 315 g/mol. The zero-order valence-electron chi connectivity index (χ0n) is 11.8. The lowest BCUT2D eigenvalue weighted by atomic mass is 10.1. The number of nitrogens with two attached hydrogens (primary N) is 1. The molecule has 0 amide bonds. The molecule has 0 atom stereocenters. The molecule has 2 heterocycles. The normalized spacial score (nSPS) is 13.9. The van der Waals surface area contributed by atoms with Crippen LogP contribution in [0.25, 0.3) is 17.0 Å². The fraction of sp³-hybridized carbons (Fsp3) is 0.125. The van der Waals surface area contributed by atoms with Crippen LogP contribution in [0.5, 0.6) is 0 Å². The lowest BCUT2D eigenvalue weighted by molar-refractivity contribution is -0.138. The van der Waals surface area contributed by atoms with Gasteiger partial charge in [-0.15, -0.1) is 0 Å². The summed E-state index contributed by atoms with van der Waals surface area (Å²) < 4.78 is 10.3. The summed E-state index contributed by atoms with van der Waals surface area (Å²) in [5.41, 5.74) is 6.90. The number of fused-ring (bicyclic) bond motifs is 3. The summed E-state index contributed by atoms with van der Waals surface area (Å²) in [7, 11) is 0. The molecule has 0 unspecified atom stereocenters. The number of hydrogen-bond donors (Lipinski definition) is 1. The van der Waals surface area contributed by atoms with Gasteiger partial charge >= 0.3 is 11.6 Å². The highest BCUT2D eigenvalue weighted by Gasteiger charge is 2.21. The van der Waals surface area contributed by atoms with Gasteiger partial charge in [0.05, 0.1) is 17.2 Å². The highest BCUT2D eigenvalue weighted by molar-refractivity contribution is 8.03. The molecular formula is C16H13NO4S. The van der Waals surface area contributed by atoms with Crippen LogP contribution in [0, 0.1) is 0 Å². The Bertz CT molecular complexity index is 879. The van der Waals surface area contributed by atoms with E-state index in [1.165, 1.54) is 0 Å². The maximum absolute atomic E-state index is 12.2. The summed E-state index contributed by atoms with van der Waals surface area (Å²) >= 11 is 1.02. The molecule has 2 aromatic rings. The van der Waals surface area contributed by atoms with Crippen molar-refractivity contribution in [3.05, 3.63) is 56.9 Å². The highest BCUT2D eigenvalue weighted by Crippen LogP contribution is 2.34. The molecule has 2 N–H and O–H groups in total. The van der Waals surface area contributed by atoms with E-state index in [2.05, 4.69) is 0 Å². The fourth-order valence-electron chi connectivity index (χ4n) is 2.21. The number of benzene rings is 1. The number of para-hydroxylation sites is 1. The summed E-state index contributed by atoms with van der Waals surface area (Å²) in [6.45, 7) is 1.98. The van der Waals surface area contributed by atoms with Crippen molar-refractivity contribution >= 4 is 34.8 Å². The van der Waals surface area contributed by atoms with Crippen molar-refractivity contribution in [1.82, 2.24) is 0 Å². The van der Waals surface area contributed by atoms with Crippen molar-refractivity contribution in [2.24, 2.45) is 5.73 Å². The Morgan fingerprint density at radius 2 is 2.09 bits per heavy atom. The molecule has 3 rings (SSSR count). The largest absolute Gasteiger partial charge is 0.462 e. The first-order valence-electron chi connectivity index (χ1n) is 6.70. The van der Waals surface area contributed by atoms with Crippen molar-refractivity contribution in [2.45, 2.75) is 11.8 Å². The molecule has 0 spiro atoms. The van der Waals surface area contributed by atoms with Crippen molar-refractivity contribution in [3.63, 3.8) is 0 Å². The van der Waals surface area contributed by atoms with Gasteiger partial charge < -0.3 is 14.9 Å². The number of hydrogen-bond acceptors (Lipinski definition) is 6. The molecule has 5 nitrogen and oxygen atoms in total. The van der Waals surface area contributed by atoms with Crippen molar-refractivity contribution in [3.8, 4) is 0 Å². The fourth-order valence-corrected chi connectivity index (χ4v) is 3.10. The first-order valence-corrected chi connectivity index (χ1v) is 7.52. The number of carbonyl (C=O) groups is 1. The summed E-state index contributed by atoms with van der Waals surface area (Å²) in [5, 5.41) is 1.01. The van der Waals surface area contributed by atoms with Crippen LogP contribution in [-0.2, 0) is 9.53 Å². The Morgan fingerprint density at radius 3 is 2.86 bits per heavy atom. The molecule has 0 saturated carbocycles. The number of esters is 1. The third-order valence-corrected chi connectivity index (χ3v) is 4.23. The van der Waals surface area contributed by atoms with E-state index in [1.54, 1.807) is 31.2 Å². The summed E-state index contributed by atoms with van der Waals surface area (Å²) in [6.07, 6.45) is 3.28.